The van der Waals surface area contributed by atoms with Crippen LogP contribution in [0.1, 0.15) is 118 Å². The van der Waals surface area contributed by atoms with E-state index in [1.807, 2.05) is 59.7 Å². The first-order chi connectivity index (χ1) is 39.9. The van der Waals surface area contributed by atoms with E-state index in [1.165, 1.54) is 50.2 Å². The van der Waals surface area contributed by atoms with Crippen LogP contribution in [0.3, 0.4) is 0 Å². The van der Waals surface area contributed by atoms with Crippen LogP contribution in [0.5, 0.6) is 5.75 Å². The number of carbonyl (C=O) groups excluding carboxylic acids is 8. The summed E-state index contributed by atoms with van der Waals surface area (Å²) in [4.78, 5) is 115. The Morgan fingerprint density at radius 1 is 0.798 bits per heavy atom. The van der Waals surface area contributed by atoms with Crippen molar-refractivity contribution in [2.45, 2.75) is 162 Å². The number of amides is 6. The first-order valence-electron chi connectivity index (χ1n) is 29.3. The number of methoxy groups -OCH3 is 2. The number of ether oxygens (including phenoxy) is 7. The Kier molecular flexibility index (Phi) is 28.7. The quantitative estimate of drug-likeness (QED) is 0.0659. The van der Waals surface area contributed by atoms with E-state index in [0.717, 1.165) is 0 Å². The number of likely N-dealkylation sites (tertiary alicyclic amines) is 1. The molecule has 0 aliphatic carbocycles. The summed E-state index contributed by atoms with van der Waals surface area (Å²) in [6.07, 6.45) is -0.262. The fourth-order valence-electron chi connectivity index (χ4n) is 10.9. The van der Waals surface area contributed by atoms with E-state index in [0.29, 0.717) is 43.5 Å². The minimum absolute atomic E-state index is 0.0539. The average Bonchev–Trinajstić information content (AvgIpc) is 3.88. The molecule has 0 aromatic heterocycles. The average molecular weight is 1180 g/mol. The predicted octanol–water partition coefficient (Wildman–Crippen LogP) is 7.10. The number of Topliss-reactive ketones (excluding diaryl/α,β-unsaturated/α-hetero) is 2. The number of aliphatic hydroxyl groups is 1. The first-order valence-corrected chi connectivity index (χ1v) is 29.3. The molecule has 22 nitrogen and oxygen atoms in total. The molecular formula is C62H94N6O16. The number of likely N-dealkylation sites (N-methyl/N-ethyl adjacent to an activating group) is 3. The van der Waals surface area contributed by atoms with Crippen molar-refractivity contribution >= 4 is 47.6 Å². The number of nitrogens with one attached hydrogen (secondary N) is 2. The highest BCUT2D eigenvalue weighted by Crippen LogP contribution is 2.32. The van der Waals surface area contributed by atoms with Gasteiger partial charge in [0, 0.05) is 60.7 Å². The van der Waals surface area contributed by atoms with Crippen LogP contribution in [-0.4, -0.2) is 189 Å². The van der Waals surface area contributed by atoms with Crippen molar-refractivity contribution in [2.24, 2.45) is 29.6 Å². The maximum atomic E-state index is 14.8. The van der Waals surface area contributed by atoms with Crippen molar-refractivity contribution in [1.29, 1.82) is 0 Å². The molecule has 4 rings (SSSR count). The molecule has 2 aliphatic rings. The van der Waals surface area contributed by atoms with Crippen LogP contribution in [0.25, 0.3) is 0 Å². The van der Waals surface area contributed by atoms with Crippen molar-refractivity contribution in [1.82, 2.24) is 30.2 Å². The number of carbonyl (C=O) groups is 8. The number of hydrogen-bond donors (Lipinski definition) is 3. The summed E-state index contributed by atoms with van der Waals surface area (Å²) in [5, 5.41) is 16.4. The van der Waals surface area contributed by atoms with Gasteiger partial charge in [-0.25, -0.2) is 14.4 Å². The highest BCUT2D eigenvalue weighted by Gasteiger charge is 2.44. The van der Waals surface area contributed by atoms with Gasteiger partial charge < -0.3 is 68.5 Å². The summed E-state index contributed by atoms with van der Waals surface area (Å²) in [5.74, 6) is -3.62. The standard InChI is InChI=1S/C62H94N6O16/c1-15-40(7)55(52(78-13)33-53(71)68-30-20-25-49(68)57(79-14)41(8)58(73)63-42(9)56(72)44-22-18-17-19-23-44)66(11)59(74)47(38(3)4)32-51(70)54(39(5)6)67(12)62(77)82-35-43-26-28-45(29-27-43)83-60(75)64-48(50(69)16-2)34-65(10)61(76)84-46-24-21-31-80-37-81-36-46/h17-19,21-24,26-29,38-42,46-49,52,54-57,72H,15-16,20,25,30-37H2,1-14H3,(H,63,73)(H,64,75)/b24-21+/t40-,41+,42+,46?,47-,48?,49-,52+,54-,55-,56+,57+/m0/s1. The van der Waals surface area contributed by atoms with Crippen LogP contribution in [0, 0.1) is 29.6 Å². The van der Waals surface area contributed by atoms with Crippen molar-refractivity contribution in [3.63, 3.8) is 0 Å². The van der Waals surface area contributed by atoms with E-state index in [4.69, 9.17) is 33.2 Å². The number of benzene rings is 2. The molecule has 6 amide bonds. The zero-order valence-electron chi connectivity index (χ0n) is 51.8. The minimum Gasteiger partial charge on any atom is -0.445 e. The van der Waals surface area contributed by atoms with Gasteiger partial charge in [-0.05, 0) is 66.9 Å². The van der Waals surface area contributed by atoms with Crippen LogP contribution in [0.2, 0.25) is 0 Å². The Hall–Kier alpha value is -6.46. The topological polar surface area (TPSA) is 258 Å². The molecule has 2 aromatic rings. The van der Waals surface area contributed by atoms with Gasteiger partial charge in [0.2, 0.25) is 17.7 Å². The molecule has 0 radical (unpaired) electrons. The van der Waals surface area contributed by atoms with Crippen LogP contribution >= 0.6 is 0 Å². The minimum atomic E-state index is -1.10. The van der Waals surface area contributed by atoms with Gasteiger partial charge in [0.1, 0.15) is 31.3 Å². The molecule has 12 atom stereocenters. The van der Waals surface area contributed by atoms with E-state index >= 15 is 0 Å². The molecule has 0 spiro atoms. The van der Waals surface area contributed by atoms with Gasteiger partial charge in [0.25, 0.3) is 0 Å². The molecule has 468 valence electrons. The van der Waals surface area contributed by atoms with Crippen molar-refractivity contribution in [3.8, 4) is 5.75 Å². The van der Waals surface area contributed by atoms with Gasteiger partial charge in [-0.1, -0.05) is 110 Å². The number of nitrogens with zero attached hydrogens (tertiary/aromatic N) is 4. The van der Waals surface area contributed by atoms with Gasteiger partial charge in [-0.3, -0.25) is 24.0 Å². The van der Waals surface area contributed by atoms with Crippen LogP contribution < -0.4 is 15.4 Å². The SMILES string of the molecule is CCC(=O)C(CN(C)C(=O)OC1/C=C/COCOC1)NC(=O)Oc1ccc(COC(=O)N(C)[C@H](C(=O)C[C@H](C(=O)N(C)[C@@H]([C@@H](C)CC)[C@@H](CC(=O)N2CCC[C@H]2[C@H](OC)[C@@H](C)C(=O)N[C@H](C)[C@@H](O)c2ccccc2)OC)C(C)C)C(C)C)cc1. The van der Waals surface area contributed by atoms with Gasteiger partial charge >= 0.3 is 18.3 Å². The number of aliphatic hydroxyl groups excluding tert-OH is 1. The lowest BCUT2D eigenvalue weighted by atomic mass is 9.83. The molecule has 2 aromatic carbocycles. The molecule has 84 heavy (non-hydrogen) atoms. The number of ketones is 2. The zero-order valence-corrected chi connectivity index (χ0v) is 51.8. The summed E-state index contributed by atoms with van der Waals surface area (Å²) < 4.78 is 39.1. The third-order valence-electron chi connectivity index (χ3n) is 16.0. The molecular weight excluding hydrogens is 1080 g/mol. The van der Waals surface area contributed by atoms with E-state index in [9.17, 15) is 43.5 Å². The molecule has 1 saturated heterocycles. The van der Waals surface area contributed by atoms with E-state index < -0.39 is 84.7 Å². The van der Waals surface area contributed by atoms with Gasteiger partial charge in [-0.15, -0.1) is 0 Å². The highest BCUT2D eigenvalue weighted by molar-refractivity contribution is 5.92. The lowest BCUT2D eigenvalue weighted by Gasteiger charge is -2.41. The fourth-order valence-corrected chi connectivity index (χ4v) is 10.9. The molecule has 2 aliphatic heterocycles. The molecule has 22 heteroatoms. The number of hydrogen-bond acceptors (Lipinski definition) is 16. The van der Waals surface area contributed by atoms with E-state index in [1.54, 1.807) is 74.0 Å². The monoisotopic (exact) mass is 1180 g/mol. The summed E-state index contributed by atoms with van der Waals surface area (Å²) in [7, 11) is 7.64. The normalized spacial score (nSPS) is 19.3. The second-order valence-electron chi connectivity index (χ2n) is 22.8. The second-order valence-corrected chi connectivity index (χ2v) is 22.8. The van der Waals surface area contributed by atoms with Crippen LogP contribution in [-0.2, 0) is 59.0 Å². The maximum absolute atomic E-state index is 14.8. The lowest BCUT2D eigenvalue weighted by molar-refractivity contribution is -0.149. The summed E-state index contributed by atoms with van der Waals surface area (Å²) >= 11 is 0. The molecule has 2 unspecified atom stereocenters. The van der Waals surface area contributed by atoms with Gasteiger partial charge in [0.15, 0.2) is 11.6 Å². The third-order valence-corrected chi connectivity index (χ3v) is 16.0. The fraction of sp³-hybridized carbons (Fsp3) is 0.645. The first kappa shape index (κ1) is 70.0. The summed E-state index contributed by atoms with van der Waals surface area (Å²) in [5.41, 5.74) is 1.21. The van der Waals surface area contributed by atoms with Gasteiger partial charge in [-0.2, -0.15) is 0 Å². The van der Waals surface area contributed by atoms with Crippen molar-refractivity contribution in [2.75, 3.05) is 68.5 Å². The molecule has 0 saturated carbocycles. The Balaban J connectivity index is 1.36. The van der Waals surface area contributed by atoms with E-state index in [2.05, 4.69) is 10.6 Å². The van der Waals surface area contributed by atoms with Crippen molar-refractivity contribution in [3.05, 3.63) is 77.9 Å². The molecule has 0 bridgehead atoms. The Morgan fingerprint density at radius 2 is 1.48 bits per heavy atom. The Morgan fingerprint density at radius 3 is 2.08 bits per heavy atom. The maximum Gasteiger partial charge on any atom is 0.413 e. The summed E-state index contributed by atoms with van der Waals surface area (Å²) in [6.45, 7) is 17.0. The molecule has 1 fully saturated rings. The largest absolute Gasteiger partial charge is 0.445 e. The predicted molar refractivity (Wildman–Crippen MR) is 313 cm³/mol. The van der Waals surface area contributed by atoms with Crippen molar-refractivity contribution < 1.29 is 76.6 Å². The third kappa shape index (κ3) is 20.1. The van der Waals surface area contributed by atoms with E-state index in [-0.39, 0.29) is 98.6 Å². The zero-order chi connectivity index (χ0) is 62.4. The van der Waals surface area contributed by atoms with Crippen LogP contribution in [0.15, 0.2) is 66.7 Å². The lowest BCUT2D eigenvalue weighted by Crippen LogP contribution is -2.55. The smallest absolute Gasteiger partial charge is 0.413 e. The van der Waals surface area contributed by atoms with Crippen LogP contribution in [0.4, 0.5) is 14.4 Å². The Labute approximate surface area is 496 Å². The van der Waals surface area contributed by atoms with Gasteiger partial charge in [0.05, 0.1) is 74.6 Å². The molecule has 3 N–H and O–H groups in total. The molecule has 2 heterocycles. The Bertz CT molecular complexity index is 2480. The summed E-state index contributed by atoms with van der Waals surface area (Å²) in [6, 6.07) is 11.6. The second kappa shape index (κ2) is 34.5. The highest BCUT2D eigenvalue weighted by atomic mass is 16.7. The number of rotatable bonds is 30.